The van der Waals surface area contributed by atoms with Crippen LogP contribution in [0.4, 0.5) is 5.69 Å². The van der Waals surface area contributed by atoms with Gasteiger partial charge in [-0.05, 0) is 13.0 Å². The molecule has 2 aromatic rings. The van der Waals surface area contributed by atoms with Gasteiger partial charge in [-0.3, -0.25) is 9.59 Å². The van der Waals surface area contributed by atoms with Crippen LogP contribution in [-0.2, 0) is 19.1 Å². The van der Waals surface area contributed by atoms with Gasteiger partial charge in [0.25, 0.3) is 5.91 Å². The third kappa shape index (κ3) is 4.33. The molecule has 0 aliphatic carbocycles. The molecule has 1 saturated heterocycles. The molecule has 1 aliphatic heterocycles. The fraction of sp³-hybridized carbons (Fsp3) is 0.450. The lowest BCUT2D eigenvalue weighted by atomic mass is 9.97. The highest BCUT2D eigenvalue weighted by molar-refractivity contribution is 6.11. The summed E-state index contributed by atoms with van der Waals surface area (Å²) in [7, 11) is 1.30. The Kier molecular flexibility index (Phi) is 6.30. The Morgan fingerprint density at radius 2 is 1.93 bits per heavy atom. The molecule has 0 radical (unpaired) electrons. The number of likely N-dealkylation sites (tertiary alicyclic amines) is 1. The van der Waals surface area contributed by atoms with E-state index in [1.165, 1.54) is 7.11 Å². The molecule has 3 rings (SSSR count). The average molecular weight is 388 g/mol. The number of benzene rings is 1. The van der Waals surface area contributed by atoms with Gasteiger partial charge in [0.15, 0.2) is 6.54 Å². The first-order valence-electron chi connectivity index (χ1n) is 9.52. The number of nitrogens with one attached hydrogen (secondary N) is 3. The van der Waals surface area contributed by atoms with Crippen LogP contribution in [0, 0.1) is 5.92 Å². The van der Waals surface area contributed by atoms with E-state index in [2.05, 4.69) is 10.3 Å². The van der Waals surface area contributed by atoms with E-state index in [1.54, 1.807) is 6.92 Å². The van der Waals surface area contributed by atoms with Crippen LogP contribution in [0.5, 0.6) is 0 Å². The SMILES string of the molecule is CCOC(=O)C1CC[NH+](CC(=O)Nc2c(C(=O)OC)[nH]c3ccccc23)CC1. The third-order valence-electron chi connectivity index (χ3n) is 5.08. The molecule has 2 heterocycles. The van der Waals surface area contributed by atoms with Crippen molar-refractivity contribution in [1.82, 2.24) is 4.98 Å². The number of fused-ring (bicyclic) bond motifs is 1. The molecule has 28 heavy (non-hydrogen) atoms. The Hall–Kier alpha value is -2.87. The first-order valence-corrected chi connectivity index (χ1v) is 9.52. The summed E-state index contributed by atoms with van der Waals surface area (Å²) in [6, 6.07) is 7.37. The Labute approximate surface area is 163 Å². The van der Waals surface area contributed by atoms with E-state index < -0.39 is 5.97 Å². The van der Waals surface area contributed by atoms with Crippen molar-refractivity contribution in [3.05, 3.63) is 30.0 Å². The van der Waals surface area contributed by atoms with Crippen molar-refractivity contribution < 1.29 is 28.8 Å². The van der Waals surface area contributed by atoms with E-state index >= 15 is 0 Å². The van der Waals surface area contributed by atoms with E-state index in [-0.39, 0.29) is 30.0 Å². The number of methoxy groups -OCH3 is 1. The highest BCUT2D eigenvalue weighted by Gasteiger charge is 2.30. The van der Waals surface area contributed by atoms with Crippen LogP contribution in [0.25, 0.3) is 10.9 Å². The summed E-state index contributed by atoms with van der Waals surface area (Å²) < 4.78 is 9.90. The summed E-state index contributed by atoms with van der Waals surface area (Å²) in [5, 5.41) is 3.62. The molecule has 0 saturated carbocycles. The molecular weight excluding hydrogens is 362 g/mol. The number of anilines is 1. The van der Waals surface area contributed by atoms with Crippen LogP contribution in [0.1, 0.15) is 30.3 Å². The topological polar surface area (TPSA) is 102 Å². The summed E-state index contributed by atoms with van der Waals surface area (Å²) in [5.74, 6) is -0.938. The van der Waals surface area contributed by atoms with Crippen molar-refractivity contribution in [2.24, 2.45) is 5.92 Å². The second-order valence-electron chi connectivity index (χ2n) is 6.91. The number of quaternary nitrogens is 1. The molecule has 1 aromatic heterocycles. The minimum atomic E-state index is -0.533. The number of H-pyrrole nitrogens is 1. The van der Waals surface area contributed by atoms with Crippen molar-refractivity contribution in [3.8, 4) is 0 Å². The number of aromatic nitrogens is 1. The molecule has 0 spiro atoms. The molecule has 1 fully saturated rings. The standard InChI is InChI=1S/C20H25N3O5/c1-3-28-19(25)13-8-10-23(11-9-13)12-16(24)22-17-14-6-4-5-7-15(14)21-18(17)20(26)27-2/h4-7,13,21H,3,8-12H2,1-2H3,(H,22,24)/p+1. The predicted octanol–water partition coefficient (Wildman–Crippen LogP) is 0.751. The number of ether oxygens (including phenoxy) is 2. The molecule has 1 aliphatic rings. The number of amides is 1. The Balaban J connectivity index is 1.64. The normalized spacial score (nSPS) is 19.2. The van der Waals surface area contributed by atoms with Crippen molar-refractivity contribution in [2.75, 3.05) is 38.7 Å². The van der Waals surface area contributed by atoms with E-state index in [1.807, 2.05) is 24.3 Å². The number of rotatable bonds is 6. The molecule has 1 aromatic carbocycles. The lowest BCUT2D eigenvalue weighted by Gasteiger charge is -2.27. The van der Waals surface area contributed by atoms with E-state index in [4.69, 9.17) is 9.47 Å². The number of esters is 2. The third-order valence-corrected chi connectivity index (χ3v) is 5.08. The summed E-state index contributed by atoms with van der Waals surface area (Å²) in [5.41, 5.74) is 1.42. The van der Waals surface area contributed by atoms with E-state index in [0.29, 0.717) is 25.1 Å². The van der Waals surface area contributed by atoms with Crippen LogP contribution in [0.3, 0.4) is 0 Å². The quantitative estimate of drug-likeness (QED) is 0.634. The fourth-order valence-electron chi connectivity index (χ4n) is 3.64. The van der Waals surface area contributed by atoms with E-state index in [9.17, 15) is 14.4 Å². The fourth-order valence-corrected chi connectivity index (χ4v) is 3.64. The van der Waals surface area contributed by atoms with Gasteiger partial charge in [-0.15, -0.1) is 0 Å². The Morgan fingerprint density at radius 3 is 2.61 bits per heavy atom. The predicted molar refractivity (Wildman–Crippen MR) is 103 cm³/mol. The van der Waals surface area contributed by atoms with Crippen LogP contribution in [0.15, 0.2) is 24.3 Å². The van der Waals surface area contributed by atoms with Gasteiger partial charge in [-0.25, -0.2) is 4.79 Å². The number of aromatic amines is 1. The molecular formula is C20H26N3O5+. The number of carbonyl (C=O) groups excluding carboxylic acids is 3. The monoisotopic (exact) mass is 388 g/mol. The minimum absolute atomic E-state index is 0.0775. The van der Waals surface area contributed by atoms with Crippen molar-refractivity contribution in [1.29, 1.82) is 0 Å². The van der Waals surface area contributed by atoms with Crippen molar-refractivity contribution in [2.45, 2.75) is 19.8 Å². The van der Waals surface area contributed by atoms with Crippen molar-refractivity contribution in [3.63, 3.8) is 0 Å². The molecule has 8 nitrogen and oxygen atoms in total. The van der Waals surface area contributed by atoms with Crippen LogP contribution < -0.4 is 10.2 Å². The Bertz CT molecular complexity index is 868. The van der Waals surface area contributed by atoms with Crippen LogP contribution >= 0.6 is 0 Å². The maximum Gasteiger partial charge on any atom is 0.356 e. The minimum Gasteiger partial charge on any atom is -0.466 e. The molecule has 0 unspecified atom stereocenters. The number of piperidine rings is 1. The maximum absolute atomic E-state index is 12.6. The van der Waals surface area contributed by atoms with Gasteiger partial charge in [0.1, 0.15) is 5.69 Å². The first-order chi connectivity index (χ1) is 13.5. The number of hydrogen-bond donors (Lipinski definition) is 3. The second kappa shape index (κ2) is 8.88. The first kappa shape index (κ1) is 19.9. The molecule has 8 heteroatoms. The molecule has 1 amide bonds. The zero-order valence-electron chi connectivity index (χ0n) is 16.2. The second-order valence-corrected chi connectivity index (χ2v) is 6.91. The summed E-state index contributed by atoms with van der Waals surface area (Å²) in [4.78, 5) is 40.6. The average Bonchev–Trinajstić information content (AvgIpc) is 3.06. The zero-order chi connectivity index (χ0) is 20.1. The smallest absolute Gasteiger partial charge is 0.356 e. The van der Waals surface area contributed by atoms with Gasteiger partial charge in [-0.2, -0.15) is 0 Å². The molecule has 150 valence electrons. The lowest BCUT2D eigenvalue weighted by molar-refractivity contribution is -0.897. The Morgan fingerprint density at radius 1 is 1.21 bits per heavy atom. The van der Waals surface area contributed by atoms with Gasteiger partial charge >= 0.3 is 11.9 Å². The van der Waals surface area contributed by atoms with Crippen molar-refractivity contribution >= 4 is 34.4 Å². The molecule has 0 bridgehead atoms. The zero-order valence-corrected chi connectivity index (χ0v) is 16.2. The van der Waals surface area contributed by atoms with Gasteiger partial charge in [0.2, 0.25) is 0 Å². The summed E-state index contributed by atoms with van der Waals surface area (Å²) in [6.45, 7) is 3.93. The van der Waals surface area contributed by atoms with Gasteiger partial charge in [0.05, 0.1) is 38.4 Å². The molecule has 0 atom stereocenters. The van der Waals surface area contributed by atoms with Crippen LogP contribution in [0.2, 0.25) is 0 Å². The van der Waals surface area contributed by atoms with Gasteiger partial charge < -0.3 is 24.7 Å². The van der Waals surface area contributed by atoms with E-state index in [0.717, 1.165) is 28.9 Å². The highest BCUT2D eigenvalue weighted by Crippen LogP contribution is 2.28. The largest absolute Gasteiger partial charge is 0.466 e. The number of hydrogen-bond acceptors (Lipinski definition) is 5. The number of para-hydroxylation sites is 1. The van der Waals surface area contributed by atoms with Crippen LogP contribution in [-0.4, -0.2) is 56.2 Å². The van der Waals surface area contributed by atoms with Gasteiger partial charge in [-0.1, -0.05) is 18.2 Å². The number of carbonyl (C=O) groups is 3. The highest BCUT2D eigenvalue weighted by atomic mass is 16.5. The summed E-state index contributed by atoms with van der Waals surface area (Å²) >= 11 is 0. The van der Waals surface area contributed by atoms with Gasteiger partial charge in [0, 0.05) is 23.7 Å². The maximum atomic E-state index is 12.6. The summed E-state index contributed by atoms with van der Waals surface area (Å²) in [6.07, 6.45) is 1.42. The molecule has 3 N–H and O–H groups in total. The lowest BCUT2D eigenvalue weighted by Crippen LogP contribution is -3.14.